The predicted molar refractivity (Wildman–Crippen MR) is 91.9 cm³/mol. The highest BCUT2D eigenvalue weighted by molar-refractivity contribution is 7.08. The number of aliphatic hydroxyl groups excluding tert-OH is 1. The maximum Gasteiger partial charge on any atom is 0.254 e. The summed E-state index contributed by atoms with van der Waals surface area (Å²) in [5.41, 5.74) is 0.456. The molecule has 130 valence electrons. The lowest BCUT2D eigenvalue weighted by molar-refractivity contribution is -0.200. The number of carbonyl (C=O) groups is 2. The molecule has 1 spiro atoms. The van der Waals surface area contributed by atoms with Crippen LogP contribution in [0, 0.1) is 0 Å². The Balaban J connectivity index is 1.42. The Bertz CT molecular complexity index is 616. The number of rotatable bonds is 2. The first-order chi connectivity index (χ1) is 11.6. The molecule has 1 aliphatic carbocycles. The average Bonchev–Trinajstić information content (AvgIpc) is 3.17. The van der Waals surface area contributed by atoms with Crippen LogP contribution in [0.1, 0.15) is 55.3 Å². The summed E-state index contributed by atoms with van der Waals surface area (Å²) in [6.45, 7) is 1.38. The van der Waals surface area contributed by atoms with Crippen LogP contribution >= 0.6 is 11.3 Å². The predicted octanol–water partition coefficient (Wildman–Crippen LogP) is 2.26. The Morgan fingerprint density at radius 2 is 1.92 bits per heavy atom. The van der Waals surface area contributed by atoms with Crippen molar-refractivity contribution in [1.82, 2.24) is 9.80 Å². The maximum absolute atomic E-state index is 12.4. The highest BCUT2D eigenvalue weighted by Crippen LogP contribution is 2.46. The molecule has 0 radical (unpaired) electrons. The van der Waals surface area contributed by atoms with E-state index in [0.29, 0.717) is 13.1 Å². The zero-order chi connectivity index (χ0) is 16.7. The number of β-lactam (4-membered cyclic amide) rings is 1. The van der Waals surface area contributed by atoms with E-state index in [2.05, 4.69) is 0 Å². The van der Waals surface area contributed by atoms with Crippen molar-refractivity contribution in [3.8, 4) is 0 Å². The van der Waals surface area contributed by atoms with Crippen molar-refractivity contribution in [2.45, 2.75) is 62.6 Å². The molecule has 2 amide bonds. The smallest absolute Gasteiger partial charge is 0.254 e. The Morgan fingerprint density at radius 3 is 2.54 bits per heavy atom. The van der Waals surface area contributed by atoms with Crippen LogP contribution in [-0.4, -0.2) is 57.5 Å². The molecule has 1 aromatic heterocycles. The van der Waals surface area contributed by atoms with Gasteiger partial charge in [-0.25, -0.2) is 0 Å². The molecular weight excluding hydrogens is 324 g/mol. The van der Waals surface area contributed by atoms with Crippen LogP contribution in [0.4, 0.5) is 0 Å². The summed E-state index contributed by atoms with van der Waals surface area (Å²) in [4.78, 5) is 28.7. The van der Waals surface area contributed by atoms with Gasteiger partial charge in [0.15, 0.2) is 6.10 Å². The quantitative estimate of drug-likeness (QED) is 0.834. The third kappa shape index (κ3) is 2.39. The second-order valence-electron chi connectivity index (χ2n) is 7.31. The Hall–Kier alpha value is -1.40. The minimum atomic E-state index is -0.803. The van der Waals surface area contributed by atoms with E-state index in [1.165, 1.54) is 17.8 Å². The van der Waals surface area contributed by atoms with Crippen LogP contribution in [0.2, 0.25) is 0 Å². The molecule has 2 aliphatic heterocycles. The molecule has 1 aromatic rings. The fourth-order valence-corrected chi connectivity index (χ4v) is 5.39. The van der Waals surface area contributed by atoms with Crippen molar-refractivity contribution in [3.05, 3.63) is 22.4 Å². The fraction of sp³-hybridized carbons (Fsp3) is 0.667. The second-order valence-corrected chi connectivity index (χ2v) is 8.09. The molecule has 24 heavy (non-hydrogen) atoms. The Kier molecular flexibility index (Phi) is 4.12. The highest BCUT2D eigenvalue weighted by Gasteiger charge is 2.61. The van der Waals surface area contributed by atoms with Crippen molar-refractivity contribution < 1.29 is 14.7 Å². The van der Waals surface area contributed by atoms with Crippen molar-refractivity contribution >= 4 is 23.2 Å². The lowest BCUT2D eigenvalue weighted by atomic mass is 9.68. The number of carbonyl (C=O) groups excluding carboxylic acids is 2. The normalized spacial score (nSPS) is 27.4. The van der Waals surface area contributed by atoms with E-state index in [1.54, 1.807) is 0 Å². The number of amides is 2. The third-order valence-electron chi connectivity index (χ3n) is 6.06. The number of piperidine rings is 1. The van der Waals surface area contributed by atoms with E-state index >= 15 is 0 Å². The van der Waals surface area contributed by atoms with Crippen LogP contribution < -0.4 is 0 Å². The van der Waals surface area contributed by atoms with Gasteiger partial charge in [0.2, 0.25) is 0 Å². The van der Waals surface area contributed by atoms with Gasteiger partial charge in [0.05, 0.1) is 11.1 Å². The zero-order valence-electron chi connectivity index (χ0n) is 13.8. The van der Waals surface area contributed by atoms with Gasteiger partial charge in [0.25, 0.3) is 11.8 Å². The minimum Gasteiger partial charge on any atom is -0.381 e. The topological polar surface area (TPSA) is 60.9 Å². The summed E-state index contributed by atoms with van der Waals surface area (Å²) in [5, 5.41) is 14.1. The van der Waals surface area contributed by atoms with Crippen LogP contribution in [0.25, 0.3) is 0 Å². The Morgan fingerprint density at radius 1 is 1.21 bits per heavy atom. The summed E-state index contributed by atoms with van der Waals surface area (Å²) >= 11 is 1.54. The van der Waals surface area contributed by atoms with Crippen molar-refractivity contribution in [3.63, 3.8) is 0 Å². The molecular formula is C18H24N2O3S. The molecule has 5 nitrogen and oxygen atoms in total. The van der Waals surface area contributed by atoms with Gasteiger partial charge in [-0.05, 0) is 37.1 Å². The molecule has 3 fully saturated rings. The standard InChI is InChI=1S/C18H24N2O3S/c21-15-17(23)20(18(15)7-2-1-3-8-18)14-4-9-19(10-5-14)16(22)13-6-11-24-12-13/h6,11-12,14-15,21H,1-5,7-10H2. The molecule has 6 heteroatoms. The monoisotopic (exact) mass is 348 g/mol. The van der Waals surface area contributed by atoms with Gasteiger partial charge in [0, 0.05) is 24.5 Å². The molecule has 0 bridgehead atoms. The number of hydrogen-bond donors (Lipinski definition) is 1. The van der Waals surface area contributed by atoms with E-state index in [4.69, 9.17) is 0 Å². The summed E-state index contributed by atoms with van der Waals surface area (Å²) in [7, 11) is 0. The maximum atomic E-state index is 12.4. The molecule has 1 unspecified atom stereocenters. The molecule has 1 saturated carbocycles. The summed E-state index contributed by atoms with van der Waals surface area (Å²) in [6, 6.07) is 2.04. The Labute approximate surface area is 146 Å². The number of likely N-dealkylation sites (tertiary alicyclic amines) is 2. The largest absolute Gasteiger partial charge is 0.381 e. The van der Waals surface area contributed by atoms with Crippen LogP contribution in [-0.2, 0) is 4.79 Å². The third-order valence-corrected chi connectivity index (χ3v) is 6.75. The van der Waals surface area contributed by atoms with Gasteiger partial charge >= 0.3 is 0 Å². The van der Waals surface area contributed by atoms with Crippen molar-refractivity contribution in [2.24, 2.45) is 0 Å². The van der Waals surface area contributed by atoms with Gasteiger partial charge in [-0.1, -0.05) is 19.3 Å². The van der Waals surface area contributed by atoms with Gasteiger partial charge in [-0.3, -0.25) is 9.59 Å². The first-order valence-electron chi connectivity index (χ1n) is 8.96. The first kappa shape index (κ1) is 16.1. The molecule has 4 rings (SSSR count). The summed E-state index contributed by atoms with van der Waals surface area (Å²) in [6.07, 6.45) is 6.06. The van der Waals surface area contributed by atoms with E-state index in [-0.39, 0.29) is 23.4 Å². The number of aliphatic hydroxyl groups is 1. The molecule has 3 aliphatic rings. The fourth-order valence-electron chi connectivity index (χ4n) is 4.76. The van der Waals surface area contributed by atoms with Crippen molar-refractivity contribution in [1.29, 1.82) is 0 Å². The average molecular weight is 348 g/mol. The summed E-state index contributed by atoms with van der Waals surface area (Å²) < 4.78 is 0. The van der Waals surface area contributed by atoms with E-state index < -0.39 is 6.10 Å². The van der Waals surface area contributed by atoms with Crippen LogP contribution in [0.5, 0.6) is 0 Å². The number of nitrogens with zero attached hydrogens (tertiary/aromatic N) is 2. The van der Waals surface area contributed by atoms with Crippen LogP contribution in [0.3, 0.4) is 0 Å². The molecule has 2 saturated heterocycles. The zero-order valence-corrected chi connectivity index (χ0v) is 14.6. The second kappa shape index (κ2) is 6.15. The lowest BCUT2D eigenvalue weighted by Gasteiger charge is -2.61. The van der Waals surface area contributed by atoms with E-state index in [0.717, 1.165) is 44.1 Å². The highest BCUT2D eigenvalue weighted by atomic mass is 32.1. The van der Waals surface area contributed by atoms with E-state index in [9.17, 15) is 14.7 Å². The number of hydrogen-bond acceptors (Lipinski definition) is 4. The van der Waals surface area contributed by atoms with Crippen molar-refractivity contribution in [2.75, 3.05) is 13.1 Å². The van der Waals surface area contributed by atoms with Crippen LogP contribution in [0.15, 0.2) is 16.8 Å². The molecule has 1 N–H and O–H groups in total. The SMILES string of the molecule is O=C(c1ccsc1)N1CCC(N2C(=O)C(O)C23CCCCC3)CC1. The first-order valence-corrected chi connectivity index (χ1v) is 9.90. The summed E-state index contributed by atoms with van der Waals surface area (Å²) in [5.74, 6) is -0.00318. The van der Waals surface area contributed by atoms with Gasteiger partial charge in [-0.2, -0.15) is 11.3 Å². The lowest BCUT2D eigenvalue weighted by Crippen LogP contribution is -2.77. The van der Waals surface area contributed by atoms with Gasteiger partial charge in [-0.15, -0.1) is 0 Å². The molecule has 0 aromatic carbocycles. The minimum absolute atomic E-state index is 0.0945. The van der Waals surface area contributed by atoms with E-state index in [1.807, 2.05) is 26.6 Å². The van der Waals surface area contributed by atoms with Gasteiger partial charge < -0.3 is 14.9 Å². The number of thiophene rings is 1. The van der Waals surface area contributed by atoms with Gasteiger partial charge in [0.1, 0.15) is 0 Å². The molecule has 3 heterocycles. The molecule has 1 atom stereocenters.